The molecule has 0 atom stereocenters. The zero-order valence-electron chi connectivity index (χ0n) is 8.97. The third-order valence-electron chi connectivity index (χ3n) is 2.88. The SMILES string of the molecule is CC1CC(NC(=O)c2cc(Br)ccc2F)C1. The lowest BCUT2D eigenvalue weighted by molar-refractivity contribution is 0.0892. The van der Waals surface area contributed by atoms with E-state index in [9.17, 15) is 9.18 Å². The normalized spacial score (nSPS) is 23.7. The third-order valence-corrected chi connectivity index (χ3v) is 3.38. The number of carbonyl (C=O) groups excluding carboxylic acids is 1. The Morgan fingerprint density at radius 2 is 2.19 bits per heavy atom. The molecule has 2 nitrogen and oxygen atoms in total. The van der Waals surface area contributed by atoms with E-state index < -0.39 is 5.82 Å². The standard InChI is InChI=1S/C12H13BrFNO/c1-7-4-9(5-7)15-12(16)10-6-8(13)2-3-11(10)14/h2-3,6-7,9H,4-5H2,1H3,(H,15,16). The van der Waals surface area contributed by atoms with Crippen molar-refractivity contribution in [3.8, 4) is 0 Å². The quantitative estimate of drug-likeness (QED) is 0.889. The zero-order valence-corrected chi connectivity index (χ0v) is 10.6. The number of rotatable bonds is 2. The van der Waals surface area contributed by atoms with Crippen LogP contribution in [0.1, 0.15) is 30.1 Å². The summed E-state index contributed by atoms with van der Waals surface area (Å²) in [6.07, 6.45) is 1.97. The summed E-state index contributed by atoms with van der Waals surface area (Å²) in [5.74, 6) is -0.138. The topological polar surface area (TPSA) is 29.1 Å². The second-order valence-corrected chi connectivity index (χ2v) is 5.29. The molecule has 16 heavy (non-hydrogen) atoms. The molecule has 0 spiro atoms. The maximum atomic E-state index is 13.4. The van der Waals surface area contributed by atoms with Crippen LogP contribution in [-0.4, -0.2) is 11.9 Å². The first-order chi connectivity index (χ1) is 7.56. The highest BCUT2D eigenvalue weighted by molar-refractivity contribution is 9.10. The zero-order chi connectivity index (χ0) is 11.7. The lowest BCUT2D eigenvalue weighted by atomic mass is 9.82. The van der Waals surface area contributed by atoms with Gasteiger partial charge in [0.25, 0.3) is 5.91 Å². The minimum atomic E-state index is -0.479. The largest absolute Gasteiger partial charge is 0.349 e. The number of nitrogens with one attached hydrogen (secondary N) is 1. The van der Waals surface area contributed by atoms with Gasteiger partial charge in [-0.3, -0.25) is 4.79 Å². The summed E-state index contributed by atoms with van der Waals surface area (Å²) in [6.45, 7) is 2.14. The summed E-state index contributed by atoms with van der Waals surface area (Å²) < 4.78 is 14.1. The highest BCUT2D eigenvalue weighted by Crippen LogP contribution is 2.26. The summed E-state index contributed by atoms with van der Waals surface area (Å²) in [5.41, 5.74) is 0.105. The monoisotopic (exact) mass is 285 g/mol. The van der Waals surface area contributed by atoms with Crippen LogP contribution in [0.3, 0.4) is 0 Å². The molecule has 0 aromatic heterocycles. The molecule has 2 rings (SSSR count). The lowest BCUT2D eigenvalue weighted by Gasteiger charge is -2.33. The minimum absolute atomic E-state index is 0.105. The van der Waals surface area contributed by atoms with Crippen LogP contribution in [0.2, 0.25) is 0 Å². The predicted octanol–water partition coefficient (Wildman–Crippen LogP) is 3.12. The van der Waals surface area contributed by atoms with E-state index in [2.05, 4.69) is 28.2 Å². The Hall–Kier alpha value is -0.900. The lowest BCUT2D eigenvalue weighted by Crippen LogP contribution is -2.43. The van der Waals surface area contributed by atoms with E-state index in [4.69, 9.17) is 0 Å². The molecule has 4 heteroatoms. The van der Waals surface area contributed by atoms with Gasteiger partial charge in [-0.05, 0) is 37.0 Å². The molecule has 1 saturated carbocycles. The molecule has 86 valence electrons. The molecule has 0 radical (unpaired) electrons. The fourth-order valence-corrected chi connectivity index (χ4v) is 2.32. The van der Waals surface area contributed by atoms with Gasteiger partial charge in [0, 0.05) is 10.5 Å². The van der Waals surface area contributed by atoms with Gasteiger partial charge in [0.1, 0.15) is 5.82 Å². The molecule has 1 aromatic rings. The molecule has 1 aliphatic rings. The smallest absolute Gasteiger partial charge is 0.254 e. The third kappa shape index (κ3) is 2.43. The van der Waals surface area contributed by atoms with Crippen LogP contribution in [0.4, 0.5) is 4.39 Å². The summed E-state index contributed by atoms with van der Waals surface area (Å²) in [5, 5.41) is 2.83. The molecule has 1 amide bonds. The van der Waals surface area contributed by atoms with E-state index in [1.165, 1.54) is 12.1 Å². The number of hydrogen-bond acceptors (Lipinski definition) is 1. The van der Waals surface area contributed by atoms with Crippen molar-refractivity contribution in [3.63, 3.8) is 0 Å². The number of halogens is 2. The Bertz CT molecular complexity index is 415. The summed E-state index contributed by atoms with van der Waals surface area (Å²) in [7, 11) is 0. The average Bonchev–Trinajstić information content (AvgIpc) is 2.19. The first kappa shape index (κ1) is 11.6. The molecule has 1 aliphatic carbocycles. The van der Waals surface area contributed by atoms with Gasteiger partial charge in [0.2, 0.25) is 0 Å². The fraction of sp³-hybridized carbons (Fsp3) is 0.417. The molecule has 0 saturated heterocycles. The maximum Gasteiger partial charge on any atom is 0.254 e. The van der Waals surface area contributed by atoms with Crippen molar-refractivity contribution in [3.05, 3.63) is 34.1 Å². The molecular formula is C12H13BrFNO. The van der Waals surface area contributed by atoms with Crippen LogP contribution in [-0.2, 0) is 0 Å². The van der Waals surface area contributed by atoms with E-state index in [0.29, 0.717) is 10.4 Å². The van der Waals surface area contributed by atoms with Crippen LogP contribution in [0, 0.1) is 11.7 Å². The van der Waals surface area contributed by atoms with Gasteiger partial charge in [0.15, 0.2) is 0 Å². The molecule has 0 aliphatic heterocycles. The maximum absolute atomic E-state index is 13.4. The van der Waals surface area contributed by atoms with Gasteiger partial charge >= 0.3 is 0 Å². The second kappa shape index (κ2) is 4.53. The number of carbonyl (C=O) groups is 1. The first-order valence-corrected chi connectivity index (χ1v) is 6.11. The average molecular weight is 286 g/mol. The van der Waals surface area contributed by atoms with Crippen molar-refractivity contribution in [1.29, 1.82) is 0 Å². The predicted molar refractivity (Wildman–Crippen MR) is 63.8 cm³/mol. The van der Waals surface area contributed by atoms with Crippen LogP contribution in [0.15, 0.2) is 22.7 Å². The van der Waals surface area contributed by atoms with Crippen molar-refractivity contribution < 1.29 is 9.18 Å². The van der Waals surface area contributed by atoms with Gasteiger partial charge in [-0.25, -0.2) is 4.39 Å². The Morgan fingerprint density at radius 1 is 1.50 bits per heavy atom. The molecule has 0 bridgehead atoms. The van der Waals surface area contributed by atoms with E-state index in [0.717, 1.165) is 12.8 Å². The molecule has 1 aromatic carbocycles. The van der Waals surface area contributed by atoms with Crippen molar-refractivity contribution >= 4 is 21.8 Å². The second-order valence-electron chi connectivity index (χ2n) is 4.37. The van der Waals surface area contributed by atoms with Crippen molar-refractivity contribution in [2.75, 3.05) is 0 Å². The van der Waals surface area contributed by atoms with Crippen LogP contribution < -0.4 is 5.32 Å². The molecule has 1 fully saturated rings. The molecule has 0 heterocycles. The van der Waals surface area contributed by atoms with E-state index >= 15 is 0 Å². The van der Waals surface area contributed by atoms with Gasteiger partial charge in [-0.15, -0.1) is 0 Å². The van der Waals surface area contributed by atoms with E-state index in [1.54, 1.807) is 6.07 Å². The highest BCUT2D eigenvalue weighted by Gasteiger charge is 2.27. The summed E-state index contributed by atoms with van der Waals surface area (Å²) >= 11 is 3.22. The van der Waals surface area contributed by atoms with Crippen LogP contribution >= 0.6 is 15.9 Å². The van der Waals surface area contributed by atoms with E-state index in [-0.39, 0.29) is 17.5 Å². The molecule has 1 N–H and O–H groups in total. The Labute approximate surface area is 102 Å². The molecule has 0 unspecified atom stereocenters. The van der Waals surface area contributed by atoms with Crippen LogP contribution in [0.25, 0.3) is 0 Å². The van der Waals surface area contributed by atoms with Gasteiger partial charge in [0.05, 0.1) is 5.56 Å². The Kier molecular flexibility index (Phi) is 3.28. The summed E-state index contributed by atoms with van der Waals surface area (Å²) in [6, 6.07) is 4.59. The first-order valence-electron chi connectivity index (χ1n) is 5.32. The highest BCUT2D eigenvalue weighted by atomic mass is 79.9. The fourth-order valence-electron chi connectivity index (χ4n) is 1.95. The van der Waals surface area contributed by atoms with Gasteiger partial charge in [-0.2, -0.15) is 0 Å². The van der Waals surface area contributed by atoms with Crippen molar-refractivity contribution in [2.24, 2.45) is 5.92 Å². The molecular weight excluding hydrogens is 273 g/mol. The van der Waals surface area contributed by atoms with Crippen molar-refractivity contribution in [1.82, 2.24) is 5.32 Å². The summed E-state index contributed by atoms with van der Waals surface area (Å²) in [4.78, 5) is 11.8. The Morgan fingerprint density at radius 3 is 2.81 bits per heavy atom. The number of benzene rings is 1. The number of amides is 1. The van der Waals surface area contributed by atoms with Crippen molar-refractivity contribution in [2.45, 2.75) is 25.8 Å². The number of hydrogen-bond donors (Lipinski definition) is 1. The van der Waals surface area contributed by atoms with Gasteiger partial charge in [-0.1, -0.05) is 22.9 Å². The Balaban J connectivity index is 2.05. The van der Waals surface area contributed by atoms with E-state index in [1.807, 2.05) is 0 Å². The van der Waals surface area contributed by atoms with Gasteiger partial charge < -0.3 is 5.32 Å². The minimum Gasteiger partial charge on any atom is -0.349 e. The van der Waals surface area contributed by atoms with Crippen LogP contribution in [0.5, 0.6) is 0 Å².